The molecule has 0 saturated heterocycles. The Bertz CT molecular complexity index is 1350. The van der Waals surface area contributed by atoms with Gasteiger partial charge in [-0.2, -0.15) is 5.26 Å². The fourth-order valence-corrected chi connectivity index (χ4v) is 5.15. The molecule has 3 aromatic carbocycles. The Hall–Kier alpha value is -4.24. The van der Waals surface area contributed by atoms with E-state index in [1.807, 2.05) is 79.7 Å². The van der Waals surface area contributed by atoms with E-state index in [-0.39, 0.29) is 50.3 Å². The number of hydrogen-bond acceptors (Lipinski definition) is 4. The summed E-state index contributed by atoms with van der Waals surface area (Å²) >= 11 is 0. The molecule has 3 aromatic rings. The average Bonchev–Trinajstić information content (AvgIpc) is 2.95. The van der Waals surface area contributed by atoms with Gasteiger partial charge in [-0.1, -0.05) is 74.0 Å². The molecule has 1 N–H and O–H groups in total. The summed E-state index contributed by atoms with van der Waals surface area (Å²) in [5.41, 5.74) is 3.72. The predicted octanol–water partition coefficient (Wildman–Crippen LogP) is 6.38. The van der Waals surface area contributed by atoms with E-state index in [0.29, 0.717) is 12.0 Å². The molecule has 0 aromatic heterocycles. The number of carboxylic acids is 1. The zero-order chi connectivity index (χ0) is 27.1. The van der Waals surface area contributed by atoms with Crippen LogP contribution in [0, 0.1) is 11.3 Å². The maximum atomic E-state index is 13.3. The summed E-state index contributed by atoms with van der Waals surface area (Å²) in [6.07, 6.45) is 2.38. The summed E-state index contributed by atoms with van der Waals surface area (Å²) in [4.78, 5) is 39.2. The molecule has 1 saturated carbocycles. The largest absolute Gasteiger partial charge is 0.479 e. The van der Waals surface area contributed by atoms with Crippen molar-refractivity contribution in [2.45, 2.75) is 64.0 Å². The monoisotopic (exact) mass is 508 g/mol. The molecule has 1 aliphatic carbocycles. The highest BCUT2D eigenvalue weighted by atomic mass is 16.4. The molecule has 6 nitrogen and oxygen atoms in total. The molecule has 4 rings (SSSR count). The van der Waals surface area contributed by atoms with Crippen molar-refractivity contribution < 1.29 is 19.5 Å². The van der Waals surface area contributed by atoms with E-state index in [1.54, 1.807) is 0 Å². The van der Waals surface area contributed by atoms with Crippen molar-refractivity contribution in [3.8, 4) is 28.3 Å². The number of unbranched alkanes of at least 4 members (excludes halogenated alkanes) is 1. The van der Waals surface area contributed by atoms with Crippen molar-refractivity contribution in [3.05, 3.63) is 83.9 Å². The SMILES string of the molecule is CCCCC(=O)N(Cc1ccc(-c2cc(-c3ccccc3)ccc2C#N)cc1)C1(C(=O)O)CCC(=O)CC1. The van der Waals surface area contributed by atoms with Crippen molar-refractivity contribution in [1.29, 1.82) is 5.26 Å². The number of rotatable bonds is 9. The number of carbonyl (C=O) groups is 3. The lowest BCUT2D eigenvalue weighted by Gasteiger charge is -2.43. The molecule has 0 spiro atoms. The summed E-state index contributed by atoms with van der Waals surface area (Å²) < 4.78 is 0. The third-order valence-electron chi connectivity index (χ3n) is 7.45. The Morgan fingerprint density at radius 3 is 2.21 bits per heavy atom. The van der Waals surface area contributed by atoms with Gasteiger partial charge in [0.2, 0.25) is 5.91 Å². The molecule has 0 unspecified atom stereocenters. The van der Waals surface area contributed by atoms with Crippen molar-refractivity contribution >= 4 is 17.7 Å². The molecule has 6 heteroatoms. The maximum absolute atomic E-state index is 13.3. The normalized spacial score (nSPS) is 14.5. The molecule has 1 fully saturated rings. The van der Waals surface area contributed by atoms with E-state index < -0.39 is 11.5 Å². The zero-order valence-corrected chi connectivity index (χ0v) is 21.7. The number of ketones is 1. The molecule has 1 aliphatic rings. The van der Waals surface area contributed by atoms with Crippen LogP contribution in [-0.2, 0) is 20.9 Å². The van der Waals surface area contributed by atoms with Crippen LogP contribution in [-0.4, -0.2) is 33.2 Å². The van der Waals surface area contributed by atoms with Crippen LogP contribution >= 0.6 is 0 Å². The molecule has 1 amide bonds. The highest BCUT2D eigenvalue weighted by Crippen LogP contribution is 2.35. The lowest BCUT2D eigenvalue weighted by Crippen LogP contribution is -2.58. The summed E-state index contributed by atoms with van der Waals surface area (Å²) in [7, 11) is 0. The number of nitriles is 1. The van der Waals surface area contributed by atoms with E-state index in [1.165, 1.54) is 4.90 Å². The van der Waals surface area contributed by atoms with E-state index in [9.17, 15) is 24.8 Å². The summed E-state index contributed by atoms with van der Waals surface area (Å²) in [5.74, 6) is -1.21. The van der Waals surface area contributed by atoms with Gasteiger partial charge in [0.15, 0.2) is 0 Å². The second-order valence-corrected chi connectivity index (χ2v) is 9.89. The van der Waals surface area contributed by atoms with Crippen LogP contribution in [0.1, 0.15) is 63.0 Å². The first-order chi connectivity index (χ1) is 18.4. The van der Waals surface area contributed by atoms with Gasteiger partial charge in [-0.25, -0.2) is 4.79 Å². The predicted molar refractivity (Wildman–Crippen MR) is 146 cm³/mol. The molecule has 38 heavy (non-hydrogen) atoms. The van der Waals surface area contributed by atoms with Gasteiger partial charge in [-0.05, 0) is 53.6 Å². The topological polar surface area (TPSA) is 98.5 Å². The first kappa shape index (κ1) is 26.8. The van der Waals surface area contributed by atoms with Crippen molar-refractivity contribution in [3.63, 3.8) is 0 Å². The summed E-state index contributed by atoms with van der Waals surface area (Å²) in [6, 6.07) is 25.6. The van der Waals surface area contributed by atoms with Gasteiger partial charge >= 0.3 is 5.97 Å². The van der Waals surface area contributed by atoms with Gasteiger partial charge in [0.25, 0.3) is 0 Å². The van der Waals surface area contributed by atoms with Gasteiger partial charge < -0.3 is 10.0 Å². The Morgan fingerprint density at radius 2 is 1.61 bits per heavy atom. The lowest BCUT2D eigenvalue weighted by molar-refractivity contribution is -0.164. The number of benzene rings is 3. The Balaban J connectivity index is 1.65. The minimum absolute atomic E-state index is 0.0400. The number of hydrogen-bond donors (Lipinski definition) is 1. The Kier molecular flexibility index (Phi) is 8.38. The fraction of sp³-hybridized carbons (Fsp3) is 0.312. The third-order valence-corrected chi connectivity index (χ3v) is 7.45. The number of Topliss-reactive ketones (excluding diaryl/α,β-unsaturated/α-hetero) is 1. The summed E-state index contributed by atoms with van der Waals surface area (Å²) in [6.45, 7) is 2.14. The van der Waals surface area contributed by atoms with Crippen LogP contribution in [0.2, 0.25) is 0 Å². The van der Waals surface area contributed by atoms with Gasteiger partial charge in [0.05, 0.1) is 11.6 Å². The van der Waals surface area contributed by atoms with Crippen LogP contribution in [0.4, 0.5) is 0 Å². The second-order valence-electron chi connectivity index (χ2n) is 9.89. The molecule has 0 radical (unpaired) electrons. The molecular formula is C32H32N2O4. The van der Waals surface area contributed by atoms with Crippen LogP contribution in [0.3, 0.4) is 0 Å². The van der Waals surface area contributed by atoms with Crippen LogP contribution in [0.25, 0.3) is 22.3 Å². The van der Waals surface area contributed by atoms with Gasteiger partial charge in [-0.15, -0.1) is 0 Å². The molecular weight excluding hydrogens is 476 g/mol. The van der Waals surface area contributed by atoms with E-state index >= 15 is 0 Å². The minimum atomic E-state index is -1.38. The zero-order valence-electron chi connectivity index (χ0n) is 21.7. The average molecular weight is 509 g/mol. The van der Waals surface area contributed by atoms with Crippen LogP contribution in [0.15, 0.2) is 72.8 Å². The number of amides is 1. The maximum Gasteiger partial charge on any atom is 0.329 e. The van der Waals surface area contributed by atoms with Gasteiger partial charge in [0, 0.05) is 31.4 Å². The first-order valence-corrected chi connectivity index (χ1v) is 13.1. The Morgan fingerprint density at radius 1 is 0.947 bits per heavy atom. The third kappa shape index (κ3) is 5.68. The van der Waals surface area contributed by atoms with E-state index in [0.717, 1.165) is 34.2 Å². The molecule has 0 atom stereocenters. The second kappa shape index (κ2) is 11.9. The number of carbonyl (C=O) groups excluding carboxylic acids is 2. The van der Waals surface area contributed by atoms with Crippen molar-refractivity contribution in [1.82, 2.24) is 4.90 Å². The molecule has 194 valence electrons. The highest BCUT2D eigenvalue weighted by Gasteiger charge is 2.48. The summed E-state index contributed by atoms with van der Waals surface area (Å²) in [5, 5.41) is 19.9. The first-order valence-electron chi connectivity index (χ1n) is 13.1. The van der Waals surface area contributed by atoms with Crippen LogP contribution < -0.4 is 0 Å². The standard InChI is InChI=1S/C32H32N2O4/c1-2-3-9-30(36)34(32(31(37)38)18-16-28(35)17-19-32)22-23-10-12-25(13-11-23)29-20-26(14-15-27(29)21-33)24-7-5-4-6-8-24/h4-8,10-15,20H,2-3,9,16-19,22H2,1H3,(H,37,38). The lowest BCUT2D eigenvalue weighted by atomic mass is 9.79. The number of nitrogens with zero attached hydrogens (tertiary/aromatic N) is 2. The Labute approximate surface area is 223 Å². The number of carboxylic acid groups (broad SMARTS) is 1. The van der Waals surface area contributed by atoms with E-state index in [4.69, 9.17) is 0 Å². The smallest absolute Gasteiger partial charge is 0.329 e. The highest BCUT2D eigenvalue weighted by molar-refractivity contribution is 5.90. The van der Waals surface area contributed by atoms with Crippen LogP contribution in [0.5, 0.6) is 0 Å². The fourth-order valence-electron chi connectivity index (χ4n) is 5.15. The molecule has 0 aliphatic heterocycles. The number of aliphatic carboxylic acids is 1. The molecule has 0 bridgehead atoms. The quantitative estimate of drug-likeness (QED) is 0.362. The van der Waals surface area contributed by atoms with Gasteiger partial charge in [-0.3, -0.25) is 9.59 Å². The molecule has 0 heterocycles. The van der Waals surface area contributed by atoms with E-state index in [2.05, 4.69) is 6.07 Å². The van der Waals surface area contributed by atoms with Crippen molar-refractivity contribution in [2.75, 3.05) is 0 Å². The minimum Gasteiger partial charge on any atom is -0.479 e. The van der Waals surface area contributed by atoms with Gasteiger partial charge in [0.1, 0.15) is 11.3 Å². The van der Waals surface area contributed by atoms with Crippen molar-refractivity contribution in [2.24, 2.45) is 0 Å².